The summed E-state index contributed by atoms with van der Waals surface area (Å²) in [6.07, 6.45) is -1.31. The van der Waals surface area contributed by atoms with E-state index in [1.54, 1.807) is 72.7 Å². The van der Waals surface area contributed by atoms with Gasteiger partial charge >= 0.3 is 12.2 Å². The van der Waals surface area contributed by atoms with Gasteiger partial charge in [-0.2, -0.15) is 0 Å². The molecule has 0 aliphatic rings. The van der Waals surface area contributed by atoms with Gasteiger partial charge in [-0.1, -0.05) is 23.7 Å². The van der Waals surface area contributed by atoms with E-state index in [-0.39, 0.29) is 22.6 Å². The average Bonchev–Trinajstić information content (AvgIpc) is 2.60. The van der Waals surface area contributed by atoms with Gasteiger partial charge in [0.05, 0.1) is 23.0 Å². The molecule has 0 bridgehead atoms. The fourth-order valence-electron chi connectivity index (χ4n) is 3.13. The molecule has 0 aliphatic heterocycles. The van der Waals surface area contributed by atoms with Gasteiger partial charge in [0.1, 0.15) is 17.5 Å². The van der Waals surface area contributed by atoms with Gasteiger partial charge < -0.3 is 18.8 Å². The third kappa shape index (κ3) is 5.88. The molecule has 0 radical (unpaired) electrons. The minimum absolute atomic E-state index is 0.238. The van der Waals surface area contributed by atoms with Crippen LogP contribution in [0.4, 0.5) is 9.59 Å². The lowest BCUT2D eigenvalue weighted by molar-refractivity contribution is -0.108. The van der Waals surface area contributed by atoms with Crippen LogP contribution in [0, 0.1) is 0 Å². The van der Waals surface area contributed by atoms with Crippen LogP contribution in [-0.2, 0) is 20.8 Å². The van der Waals surface area contributed by atoms with E-state index in [4.69, 9.17) is 21.1 Å². The summed E-state index contributed by atoms with van der Waals surface area (Å²) in [5.41, 5.74) is -2.00. The molecule has 0 fully saturated rings. The van der Waals surface area contributed by atoms with Crippen molar-refractivity contribution in [2.45, 2.75) is 72.3 Å². The Labute approximate surface area is 192 Å². The zero-order chi connectivity index (χ0) is 24.4. The van der Waals surface area contributed by atoms with Crippen LogP contribution in [0.5, 0.6) is 0 Å². The molecular weight excluding hydrogens is 436 g/mol. The first-order chi connectivity index (χ1) is 14.7. The van der Waals surface area contributed by atoms with Crippen molar-refractivity contribution >= 4 is 40.8 Å². The van der Waals surface area contributed by atoms with Gasteiger partial charge in [-0.3, -0.25) is 4.79 Å². The molecule has 2 amide bonds. The molecule has 1 atom stereocenters. The van der Waals surface area contributed by atoms with Gasteiger partial charge in [-0.25, -0.2) is 14.5 Å². The zero-order valence-corrected chi connectivity index (χ0v) is 20.1. The summed E-state index contributed by atoms with van der Waals surface area (Å²) in [6.45, 7) is 11.3. The fraction of sp³-hybridized carbons (Fsp3) is 0.478. The quantitative estimate of drug-likeness (QED) is 0.585. The molecule has 0 saturated carbocycles. The molecule has 1 aromatic carbocycles. The van der Waals surface area contributed by atoms with Crippen molar-refractivity contribution in [1.29, 1.82) is 0 Å². The Hall–Kier alpha value is -2.87. The second-order valence-corrected chi connectivity index (χ2v) is 9.77. The van der Waals surface area contributed by atoms with Crippen LogP contribution in [0.2, 0.25) is 5.02 Å². The number of ether oxygens (including phenoxy) is 2. The third-order valence-corrected chi connectivity index (χ3v) is 4.69. The van der Waals surface area contributed by atoms with E-state index >= 15 is 0 Å². The molecule has 0 saturated heterocycles. The van der Waals surface area contributed by atoms with E-state index in [9.17, 15) is 19.2 Å². The van der Waals surface area contributed by atoms with Crippen LogP contribution in [0.15, 0.2) is 29.1 Å². The van der Waals surface area contributed by atoms with E-state index in [0.717, 1.165) is 4.90 Å². The summed E-state index contributed by atoms with van der Waals surface area (Å²) in [4.78, 5) is 51.3. The monoisotopic (exact) mass is 464 g/mol. The SMILES string of the molecule is CC(c1cc2cccc(Cl)c2c(=O)n1CC=O)N(C(=O)OC(C)(C)C)C(=O)OC(C)(C)C. The summed E-state index contributed by atoms with van der Waals surface area (Å²) in [6, 6.07) is 5.58. The smallest absolute Gasteiger partial charge is 0.420 e. The molecule has 32 heavy (non-hydrogen) atoms. The van der Waals surface area contributed by atoms with Crippen LogP contribution in [-0.4, -0.2) is 39.1 Å². The molecule has 2 rings (SSSR count). The van der Waals surface area contributed by atoms with E-state index in [1.165, 1.54) is 4.57 Å². The van der Waals surface area contributed by atoms with Crippen molar-refractivity contribution < 1.29 is 23.9 Å². The molecule has 9 heteroatoms. The molecule has 1 aromatic heterocycles. The number of carbonyl (C=O) groups excluding carboxylic acids is 3. The van der Waals surface area contributed by atoms with Crippen molar-refractivity contribution in [3.05, 3.63) is 45.3 Å². The van der Waals surface area contributed by atoms with Gasteiger partial charge in [-0.15, -0.1) is 0 Å². The predicted octanol–water partition coefficient (Wildman–Crippen LogP) is 5.09. The highest BCUT2D eigenvalue weighted by atomic mass is 35.5. The minimum Gasteiger partial charge on any atom is -0.443 e. The number of fused-ring (bicyclic) bond motifs is 1. The highest BCUT2D eigenvalue weighted by Crippen LogP contribution is 2.28. The molecule has 8 nitrogen and oxygen atoms in total. The summed E-state index contributed by atoms with van der Waals surface area (Å²) in [7, 11) is 0. The number of aldehydes is 1. The number of carbonyl (C=O) groups is 3. The Bertz CT molecular complexity index is 1070. The maximum Gasteiger partial charge on any atom is 0.420 e. The van der Waals surface area contributed by atoms with E-state index in [1.807, 2.05) is 0 Å². The van der Waals surface area contributed by atoms with Gasteiger partial charge in [-0.05, 0) is 66.0 Å². The van der Waals surface area contributed by atoms with E-state index < -0.39 is 35.0 Å². The van der Waals surface area contributed by atoms with Crippen LogP contribution in [0.3, 0.4) is 0 Å². The summed E-state index contributed by atoms with van der Waals surface area (Å²) in [5.74, 6) is 0. The van der Waals surface area contributed by atoms with Crippen LogP contribution < -0.4 is 5.56 Å². The number of pyridine rings is 1. The Morgan fingerprint density at radius 1 is 1.09 bits per heavy atom. The van der Waals surface area contributed by atoms with Crippen molar-refractivity contribution in [2.75, 3.05) is 0 Å². The number of hydrogen-bond donors (Lipinski definition) is 0. The van der Waals surface area contributed by atoms with Crippen molar-refractivity contribution in [1.82, 2.24) is 9.47 Å². The largest absolute Gasteiger partial charge is 0.443 e. The maximum absolute atomic E-state index is 13.2. The predicted molar refractivity (Wildman–Crippen MR) is 122 cm³/mol. The van der Waals surface area contributed by atoms with Gasteiger partial charge in [0.25, 0.3) is 5.56 Å². The first-order valence-corrected chi connectivity index (χ1v) is 10.5. The molecule has 1 unspecified atom stereocenters. The number of rotatable bonds is 4. The second-order valence-electron chi connectivity index (χ2n) is 9.36. The van der Waals surface area contributed by atoms with Crippen molar-refractivity contribution in [3.8, 4) is 0 Å². The molecule has 174 valence electrons. The Kier molecular flexibility index (Phi) is 7.40. The topological polar surface area (TPSA) is 94.9 Å². The molecular formula is C23H29ClN2O6. The molecule has 0 N–H and O–H groups in total. The first kappa shape index (κ1) is 25.4. The average molecular weight is 465 g/mol. The van der Waals surface area contributed by atoms with Crippen LogP contribution in [0.25, 0.3) is 10.8 Å². The van der Waals surface area contributed by atoms with E-state index in [0.29, 0.717) is 11.7 Å². The highest BCUT2D eigenvalue weighted by molar-refractivity contribution is 6.35. The fourth-order valence-corrected chi connectivity index (χ4v) is 3.39. The van der Waals surface area contributed by atoms with Crippen LogP contribution in [0.1, 0.15) is 60.2 Å². The van der Waals surface area contributed by atoms with Gasteiger partial charge in [0, 0.05) is 5.69 Å². The molecule has 0 spiro atoms. The third-order valence-electron chi connectivity index (χ3n) is 4.37. The lowest BCUT2D eigenvalue weighted by Crippen LogP contribution is -2.46. The molecule has 1 heterocycles. The Morgan fingerprint density at radius 3 is 2.09 bits per heavy atom. The van der Waals surface area contributed by atoms with E-state index in [2.05, 4.69) is 0 Å². The minimum atomic E-state index is -0.990. The zero-order valence-electron chi connectivity index (χ0n) is 19.4. The molecule has 0 aliphatic carbocycles. The second kappa shape index (κ2) is 9.32. The summed E-state index contributed by atoms with van der Waals surface area (Å²) < 4.78 is 12.0. The Balaban J connectivity index is 2.71. The van der Waals surface area contributed by atoms with Crippen molar-refractivity contribution in [3.63, 3.8) is 0 Å². The van der Waals surface area contributed by atoms with Crippen LogP contribution >= 0.6 is 11.6 Å². The highest BCUT2D eigenvalue weighted by Gasteiger charge is 2.36. The number of imide groups is 1. The first-order valence-electron chi connectivity index (χ1n) is 10.2. The number of halogens is 1. The summed E-state index contributed by atoms with van der Waals surface area (Å²) >= 11 is 6.21. The number of benzene rings is 1. The number of hydrogen-bond acceptors (Lipinski definition) is 6. The Morgan fingerprint density at radius 2 is 1.62 bits per heavy atom. The molecule has 2 aromatic rings. The lowest BCUT2D eigenvalue weighted by atomic mass is 10.1. The standard InChI is InChI=1S/C23H29ClN2O6/c1-14(26(20(29)31-22(2,3)4)21(30)32-23(5,6)7)17-13-15-9-8-10-16(24)18(15)19(28)25(17)11-12-27/h8-10,12-14H,11H2,1-7H3. The number of aromatic nitrogens is 1. The number of nitrogens with zero attached hydrogens (tertiary/aromatic N) is 2. The van der Waals surface area contributed by atoms with Gasteiger partial charge in [0.15, 0.2) is 0 Å². The normalized spacial score (nSPS) is 12.9. The van der Waals surface area contributed by atoms with Gasteiger partial charge in [0.2, 0.25) is 0 Å². The maximum atomic E-state index is 13.2. The summed E-state index contributed by atoms with van der Waals surface area (Å²) in [5, 5.41) is 0.996. The van der Waals surface area contributed by atoms with Crippen molar-refractivity contribution in [2.24, 2.45) is 0 Å². The lowest BCUT2D eigenvalue weighted by Gasteiger charge is -2.32. The number of amides is 2.